The summed E-state index contributed by atoms with van der Waals surface area (Å²) in [4.78, 5) is 18.5. The molecule has 2 aromatic rings. The van der Waals surface area contributed by atoms with Gasteiger partial charge < -0.3 is 14.8 Å². The van der Waals surface area contributed by atoms with Crippen LogP contribution in [0.15, 0.2) is 42.6 Å². The summed E-state index contributed by atoms with van der Waals surface area (Å²) < 4.78 is 23.3. The van der Waals surface area contributed by atoms with Crippen LogP contribution in [0, 0.1) is 5.82 Å². The third-order valence-corrected chi connectivity index (χ3v) is 4.23. The van der Waals surface area contributed by atoms with Gasteiger partial charge in [0.05, 0.1) is 7.11 Å². The first-order valence-electron chi connectivity index (χ1n) is 8.51. The largest absolute Gasteiger partial charge is 0.484 e. The maximum atomic E-state index is 12.8. The minimum absolute atomic E-state index is 0.0788. The number of carbonyl (C=O) groups excluding carboxylic acids is 1. The van der Waals surface area contributed by atoms with E-state index in [0.29, 0.717) is 11.6 Å². The predicted octanol–water partition coefficient (Wildman–Crippen LogP) is 2.00. The molecule has 1 aromatic heterocycles. The lowest BCUT2D eigenvalue weighted by molar-refractivity contribution is -0.123. The molecule has 0 unspecified atom stereocenters. The third kappa shape index (κ3) is 5.16. The van der Waals surface area contributed by atoms with Crippen LogP contribution in [0.1, 0.15) is 12.0 Å². The van der Waals surface area contributed by atoms with Gasteiger partial charge in [0.2, 0.25) is 5.88 Å². The van der Waals surface area contributed by atoms with Crippen molar-refractivity contribution < 1.29 is 18.7 Å². The maximum Gasteiger partial charge on any atom is 0.258 e. The highest BCUT2D eigenvalue weighted by Crippen LogP contribution is 2.15. The molecule has 0 bridgehead atoms. The summed E-state index contributed by atoms with van der Waals surface area (Å²) in [6.45, 7) is 2.41. The molecule has 3 rings (SSSR count). The fourth-order valence-corrected chi connectivity index (χ4v) is 2.93. The molecule has 1 amide bonds. The molecule has 1 aliphatic rings. The van der Waals surface area contributed by atoms with Crippen LogP contribution in [-0.4, -0.2) is 48.6 Å². The monoisotopic (exact) mass is 359 g/mol. The Morgan fingerprint density at radius 2 is 2.12 bits per heavy atom. The number of aromatic nitrogens is 1. The highest BCUT2D eigenvalue weighted by atomic mass is 19.1. The van der Waals surface area contributed by atoms with Crippen molar-refractivity contribution in [3.05, 3.63) is 54.0 Å². The van der Waals surface area contributed by atoms with E-state index in [1.165, 1.54) is 24.3 Å². The van der Waals surface area contributed by atoms with Crippen molar-refractivity contribution in [3.8, 4) is 11.6 Å². The molecule has 138 valence electrons. The van der Waals surface area contributed by atoms with Crippen LogP contribution in [0.3, 0.4) is 0 Å². The minimum Gasteiger partial charge on any atom is -0.484 e. The van der Waals surface area contributed by atoms with Crippen molar-refractivity contribution in [2.45, 2.75) is 19.0 Å². The van der Waals surface area contributed by atoms with Gasteiger partial charge in [-0.05, 0) is 36.2 Å². The molecule has 26 heavy (non-hydrogen) atoms. The molecular formula is C19H22FN3O3. The molecule has 1 aliphatic heterocycles. The Morgan fingerprint density at radius 1 is 1.31 bits per heavy atom. The van der Waals surface area contributed by atoms with Crippen molar-refractivity contribution in [2.24, 2.45) is 0 Å². The summed E-state index contributed by atoms with van der Waals surface area (Å²) in [5.74, 6) is 0.565. The summed E-state index contributed by atoms with van der Waals surface area (Å²) in [6.07, 6.45) is 2.70. The van der Waals surface area contributed by atoms with Crippen LogP contribution in [0.4, 0.5) is 4.39 Å². The van der Waals surface area contributed by atoms with E-state index in [1.54, 1.807) is 13.3 Å². The second kappa shape index (κ2) is 8.62. The summed E-state index contributed by atoms with van der Waals surface area (Å²) >= 11 is 0. The van der Waals surface area contributed by atoms with Crippen molar-refractivity contribution in [1.29, 1.82) is 0 Å². The van der Waals surface area contributed by atoms with E-state index in [9.17, 15) is 9.18 Å². The van der Waals surface area contributed by atoms with Crippen LogP contribution in [-0.2, 0) is 11.3 Å². The third-order valence-electron chi connectivity index (χ3n) is 4.23. The number of amides is 1. The predicted molar refractivity (Wildman–Crippen MR) is 94.5 cm³/mol. The van der Waals surface area contributed by atoms with E-state index in [0.717, 1.165) is 31.6 Å². The average Bonchev–Trinajstić information content (AvgIpc) is 3.08. The quantitative estimate of drug-likeness (QED) is 0.819. The van der Waals surface area contributed by atoms with E-state index in [2.05, 4.69) is 15.2 Å². The molecule has 0 aliphatic carbocycles. The number of pyridine rings is 1. The number of rotatable bonds is 7. The summed E-state index contributed by atoms with van der Waals surface area (Å²) in [5, 5.41) is 2.98. The Balaban J connectivity index is 1.40. The Hall–Kier alpha value is -2.67. The van der Waals surface area contributed by atoms with Crippen LogP contribution in [0.25, 0.3) is 0 Å². The van der Waals surface area contributed by atoms with Crippen molar-refractivity contribution in [2.75, 3.05) is 26.8 Å². The van der Waals surface area contributed by atoms with Gasteiger partial charge in [-0.2, -0.15) is 0 Å². The molecule has 1 saturated heterocycles. The molecule has 1 aromatic carbocycles. The number of hydrogen-bond acceptors (Lipinski definition) is 5. The number of ether oxygens (including phenoxy) is 2. The molecule has 0 spiro atoms. The number of nitrogens with zero attached hydrogens (tertiary/aromatic N) is 2. The summed E-state index contributed by atoms with van der Waals surface area (Å²) in [6, 6.07) is 9.55. The maximum absolute atomic E-state index is 12.8. The van der Waals surface area contributed by atoms with Gasteiger partial charge in [-0.1, -0.05) is 6.07 Å². The van der Waals surface area contributed by atoms with Gasteiger partial charge in [0, 0.05) is 37.9 Å². The normalized spacial score (nSPS) is 17.1. The van der Waals surface area contributed by atoms with Gasteiger partial charge in [0.25, 0.3) is 5.91 Å². The number of nitrogens with one attached hydrogen (secondary N) is 1. The highest BCUT2D eigenvalue weighted by molar-refractivity contribution is 5.77. The topological polar surface area (TPSA) is 63.7 Å². The van der Waals surface area contributed by atoms with Crippen molar-refractivity contribution in [3.63, 3.8) is 0 Å². The lowest BCUT2D eigenvalue weighted by Gasteiger charge is -2.17. The van der Waals surface area contributed by atoms with Crippen LogP contribution in [0.5, 0.6) is 11.6 Å². The van der Waals surface area contributed by atoms with Gasteiger partial charge >= 0.3 is 0 Å². The van der Waals surface area contributed by atoms with Gasteiger partial charge in [0.1, 0.15) is 11.6 Å². The van der Waals surface area contributed by atoms with E-state index < -0.39 is 0 Å². The van der Waals surface area contributed by atoms with Gasteiger partial charge in [0.15, 0.2) is 6.61 Å². The van der Waals surface area contributed by atoms with E-state index in [4.69, 9.17) is 9.47 Å². The van der Waals surface area contributed by atoms with Crippen molar-refractivity contribution >= 4 is 5.91 Å². The Labute approximate surface area is 151 Å². The van der Waals surface area contributed by atoms with E-state index in [-0.39, 0.29) is 24.4 Å². The zero-order chi connectivity index (χ0) is 18.4. The number of halogens is 1. The Bertz CT molecular complexity index is 722. The van der Waals surface area contributed by atoms with Crippen molar-refractivity contribution in [1.82, 2.24) is 15.2 Å². The van der Waals surface area contributed by atoms with Crippen LogP contribution in [0.2, 0.25) is 0 Å². The highest BCUT2D eigenvalue weighted by Gasteiger charge is 2.24. The van der Waals surface area contributed by atoms with Gasteiger partial charge in [-0.3, -0.25) is 9.69 Å². The lowest BCUT2D eigenvalue weighted by atomic mass is 10.2. The van der Waals surface area contributed by atoms with Gasteiger partial charge in [-0.25, -0.2) is 9.37 Å². The van der Waals surface area contributed by atoms with E-state index in [1.807, 2.05) is 12.1 Å². The molecule has 0 saturated carbocycles. The number of hydrogen-bond donors (Lipinski definition) is 1. The molecule has 2 heterocycles. The molecule has 0 radical (unpaired) electrons. The fraction of sp³-hybridized carbons (Fsp3) is 0.368. The second-order valence-electron chi connectivity index (χ2n) is 6.24. The fourth-order valence-electron chi connectivity index (χ4n) is 2.93. The number of likely N-dealkylation sites (tertiary alicyclic amines) is 1. The van der Waals surface area contributed by atoms with Crippen LogP contribution >= 0.6 is 0 Å². The van der Waals surface area contributed by atoms with Crippen LogP contribution < -0.4 is 14.8 Å². The molecule has 7 heteroatoms. The first-order valence-corrected chi connectivity index (χ1v) is 8.51. The first-order chi connectivity index (χ1) is 12.6. The average molecular weight is 359 g/mol. The summed E-state index contributed by atoms with van der Waals surface area (Å²) in [7, 11) is 1.59. The smallest absolute Gasteiger partial charge is 0.258 e. The molecule has 1 fully saturated rings. The summed E-state index contributed by atoms with van der Waals surface area (Å²) in [5.41, 5.74) is 1.11. The number of methoxy groups -OCH3 is 1. The standard InChI is InChI=1S/C19H22FN3O3/c1-25-19-7-2-14(10-21-19)11-23-9-8-16(12-23)22-18(24)13-26-17-5-3-15(20)4-6-17/h2-7,10,16H,8-9,11-13H2,1H3,(H,22,24)/t16-/m1/s1. The lowest BCUT2D eigenvalue weighted by Crippen LogP contribution is -2.39. The zero-order valence-corrected chi connectivity index (χ0v) is 14.7. The zero-order valence-electron chi connectivity index (χ0n) is 14.7. The molecular weight excluding hydrogens is 337 g/mol. The molecule has 1 N–H and O–H groups in total. The number of benzene rings is 1. The first kappa shape index (κ1) is 18.1. The second-order valence-corrected chi connectivity index (χ2v) is 6.24. The Morgan fingerprint density at radius 3 is 2.81 bits per heavy atom. The number of carbonyl (C=O) groups is 1. The van der Waals surface area contributed by atoms with E-state index >= 15 is 0 Å². The SMILES string of the molecule is COc1ccc(CN2CC[C@@H](NC(=O)COc3ccc(F)cc3)C2)cn1. The van der Waals surface area contributed by atoms with Gasteiger partial charge in [-0.15, -0.1) is 0 Å². The molecule has 6 nitrogen and oxygen atoms in total. The minimum atomic E-state index is -0.333. The Kier molecular flexibility index (Phi) is 6.01. The molecule has 1 atom stereocenters.